The predicted molar refractivity (Wildman–Crippen MR) is 100 cm³/mol. The van der Waals surface area contributed by atoms with Crippen molar-refractivity contribution in [2.24, 2.45) is 10.9 Å². The third-order valence-electron chi connectivity index (χ3n) is 4.64. The lowest BCUT2D eigenvalue weighted by molar-refractivity contribution is 0.531. The van der Waals surface area contributed by atoms with Crippen molar-refractivity contribution in [3.8, 4) is 11.1 Å². The van der Waals surface area contributed by atoms with E-state index in [9.17, 15) is 0 Å². The predicted octanol–water partition coefficient (Wildman–Crippen LogP) is 4.66. The van der Waals surface area contributed by atoms with Crippen LogP contribution in [0.3, 0.4) is 0 Å². The van der Waals surface area contributed by atoms with E-state index in [0.717, 1.165) is 0 Å². The van der Waals surface area contributed by atoms with Crippen LogP contribution in [-0.2, 0) is 0 Å². The zero-order chi connectivity index (χ0) is 16.4. The second kappa shape index (κ2) is 6.45. The quantitative estimate of drug-likeness (QED) is 0.832. The Morgan fingerprint density at radius 1 is 1.04 bits per heavy atom. The first kappa shape index (κ1) is 15.6. The van der Waals surface area contributed by atoms with E-state index in [1.54, 1.807) is 0 Å². The molecular weight excluding hydrogens is 282 g/mol. The van der Waals surface area contributed by atoms with Crippen LogP contribution in [0.4, 0.5) is 11.4 Å². The number of hydrogen-bond acceptors (Lipinski definition) is 3. The fourth-order valence-electron chi connectivity index (χ4n) is 2.77. The smallest absolute Gasteiger partial charge is 0.135 e. The van der Waals surface area contributed by atoms with Gasteiger partial charge in [-0.15, -0.1) is 0 Å². The molecule has 120 valence electrons. The standard InChI is InChI=1S/C20H25N3/c1-14(2)15(3)21-13-19-22-20-17(16-9-6-5-7-10-16)11-8-12-18(20)23(19)4/h5-15,19,22H,1-4H3. The minimum absolute atomic E-state index is 0.107. The van der Waals surface area contributed by atoms with Crippen LogP contribution in [-0.4, -0.2) is 25.5 Å². The van der Waals surface area contributed by atoms with E-state index in [-0.39, 0.29) is 6.17 Å². The molecule has 2 atom stereocenters. The maximum Gasteiger partial charge on any atom is 0.135 e. The molecule has 1 N–H and O–H groups in total. The first-order valence-corrected chi connectivity index (χ1v) is 8.29. The molecule has 23 heavy (non-hydrogen) atoms. The molecule has 1 aliphatic rings. The normalized spacial score (nSPS) is 18.3. The molecular formula is C20H25N3. The highest BCUT2D eigenvalue weighted by Gasteiger charge is 2.26. The van der Waals surface area contributed by atoms with Crippen molar-refractivity contribution in [1.29, 1.82) is 0 Å². The van der Waals surface area contributed by atoms with Gasteiger partial charge in [0.15, 0.2) is 0 Å². The van der Waals surface area contributed by atoms with E-state index in [0.29, 0.717) is 12.0 Å². The summed E-state index contributed by atoms with van der Waals surface area (Å²) < 4.78 is 0. The van der Waals surface area contributed by atoms with Gasteiger partial charge in [-0.1, -0.05) is 56.3 Å². The van der Waals surface area contributed by atoms with E-state index in [1.807, 2.05) is 6.21 Å². The Morgan fingerprint density at radius 2 is 1.78 bits per heavy atom. The summed E-state index contributed by atoms with van der Waals surface area (Å²) in [6.07, 6.45) is 2.15. The molecule has 0 amide bonds. The molecule has 0 fully saturated rings. The lowest BCUT2D eigenvalue weighted by atomic mass is 10.0. The topological polar surface area (TPSA) is 27.6 Å². The molecule has 0 saturated carbocycles. The van der Waals surface area contributed by atoms with Gasteiger partial charge in [0, 0.05) is 24.9 Å². The van der Waals surface area contributed by atoms with Crippen molar-refractivity contribution in [3.05, 3.63) is 48.5 Å². The Balaban J connectivity index is 1.89. The largest absolute Gasteiger partial charge is 0.359 e. The average molecular weight is 307 g/mol. The molecule has 1 aliphatic heterocycles. The number of aliphatic imine (C=N–C) groups is 1. The van der Waals surface area contributed by atoms with Crippen LogP contribution in [0.15, 0.2) is 53.5 Å². The van der Waals surface area contributed by atoms with Gasteiger partial charge in [0.1, 0.15) is 6.17 Å². The number of benzene rings is 2. The van der Waals surface area contributed by atoms with E-state index >= 15 is 0 Å². The number of nitrogens with zero attached hydrogens (tertiary/aromatic N) is 2. The van der Waals surface area contributed by atoms with Gasteiger partial charge in [-0.3, -0.25) is 4.99 Å². The molecule has 0 saturated heterocycles. The van der Waals surface area contributed by atoms with E-state index in [1.165, 1.54) is 22.5 Å². The van der Waals surface area contributed by atoms with E-state index < -0.39 is 0 Å². The molecule has 3 rings (SSSR count). The highest BCUT2D eigenvalue weighted by Crippen LogP contribution is 2.40. The number of fused-ring (bicyclic) bond motifs is 1. The SMILES string of the molecule is CC(C)C(C)N=CC1Nc2c(-c3ccccc3)cccc2N1C. The van der Waals surface area contributed by atoms with Crippen LogP contribution >= 0.6 is 0 Å². The summed E-state index contributed by atoms with van der Waals surface area (Å²) in [4.78, 5) is 6.96. The first-order valence-electron chi connectivity index (χ1n) is 8.29. The molecule has 3 heteroatoms. The van der Waals surface area contributed by atoms with Crippen molar-refractivity contribution in [1.82, 2.24) is 0 Å². The zero-order valence-corrected chi connectivity index (χ0v) is 14.3. The lowest BCUT2D eigenvalue weighted by Gasteiger charge is -2.19. The van der Waals surface area contributed by atoms with Crippen LogP contribution in [0.25, 0.3) is 11.1 Å². The maximum atomic E-state index is 4.71. The number of rotatable bonds is 4. The van der Waals surface area contributed by atoms with Crippen LogP contribution in [0.1, 0.15) is 20.8 Å². The summed E-state index contributed by atoms with van der Waals surface area (Å²) in [5, 5.41) is 3.62. The second-order valence-corrected chi connectivity index (χ2v) is 6.55. The third-order valence-corrected chi connectivity index (χ3v) is 4.64. The molecule has 2 aromatic rings. The van der Waals surface area contributed by atoms with Crippen molar-refractivity contribution in [2.45, 2.75) is 33.0 Å². The van der Waals surface area contributed by atoms with Crippen LogP contribution in [0, 0.1) is 5.92 Å². The minimum Gasteiger partial charge on any atom is -0.359 e. The highest BCUT2D eigenvalue weighted by molar-refractivity contribution is 5.94. The Labute approximate surface area is 139 Å². The average Bonchev–Trinajstić information content (AvgIpc) is 2.89. The minimum atomic E-state index is 0.107. The fourth-order valence-corrected chi connectivity index (χ4v) is 2.77. The van der Waals surface area contributed by atoms with Crippen molar-refractivity contribution < 1.29 is 0 Å². The number of hydrogen-bond donors (Lipinski definition) is 1. The second-order valence-electron chi connectivity index (χ2n) is 6.55. The van der Waals surface area contributed by atoms with Crippen molar-refractivity contribution in [3.63, 3.8) is 0 Å². The van der Waals surface area contributed by atoms with Crippen molar-refractivity contribution >= 4 is 17.6 Å². The van der Waals surface area contributed by atoms with Gasteiger partial charge in [0.25, 0.3) is 0 Å². The Morgan fingerprint density at radius 3 is 2.48 bits per heavy atom. The molecule has 0 radical (unpaired) electrons. The summed E-state index contributed by atoms with van der Waals surface area (Å²) in [5.41, 5.74) is 4.89. The lowest BCUT2D eigenvalue weighted by Crippen LogP contribution is -2.34. The van der Waals surface area contributed by atoms with Gasteiger partial charge >= 0.3 is 0 Å². The molecule has 0 aliphatic carbocycles. The molecule has 3 nitrogen and oxygen atoms in total. The van der Waals surface area contributed by atoms with Gasteiger partial charge in [-0.05, 0) is 24.5 Å². The maximum absolute atomic E-state index is 4.71. The molecule has 2 unspecified atom stereocenters. The Hall–Kier alpha value is -2.29. The summed E-state index contributed by atoms with van der Waals surface area (Å²) in [6.45, 7) is 6.57. The number of para-hydroxylation sites is 1. The van der Waals surface area contributed by atoms with Gasteiger partial charge in [0.2, 0.25) is 0 Å². The van der Waals surface area contributed by atoms with Crippen LogP contribution in [0.2, 0.25) is 0 Å². The molecule has 1 heterocycles. The summed E-state index contributed by atoms with van der Waals surface area (Å²) in [6, 6.07) is 17.3. The van der Waals surface area contributed by atoms with Gasteiger partial charge in [0.05, 0.1) is 11.4 Å². The van der Waals surface area contributed by atoms with Gasteiger partial charge < -0.3 is 10.2 Å². The molecule has 2 aromatic carbocycles. The highest BCUT2D eigenvalue weighted by atomic mass is 15.3. The number of anilines is 2. The first-order chi connectivity index (χ1) is 11.1. The van der Waals surface area contributed by atoms with E-state index in [4.69, 9.17) is 4.99 Å². The van der Waals surface area contributed by atoms with Crippen molar-refractivity contribution in [2.75, 3.05) is 17.3 Å². The summed E-state index contributed by atoms with van der Waals surface area (Å²) >= 11 is 0. The monoisotopic (exact) mass is 307 g/mol. The van der Waals surface area contributed by atoms with Crippen LogP contribution < -0.4 is 10.2 Å². The Kier molecular flexibility index (Phi) is 4.37. The molecule has 0 aromatic heterocycles. The van der Waals surface area contributed by atoms with Gasteiger partial charge in [-0.25, -0.2) is 0 Å². The number of nitrogens with one attached hydrogen (secondary N) is 1. The van der Waals surface area contributed by atoms with E-state index in [2.05, 4.69) is 86.6 Å². The Bertz CT molecular complexity index is 691. The molecule has 0 bridgehead atoms. The molecule has 0 spiro atoms. The van der Waals surface area contributed by atoms with Gasteiger partial charge in [-0.2, -0.15) is 0 Å². The summed E-state index contributed by atoms with van der Waals surface area (Å²) in [7, 11) is 2.12. The third kappa shape index (κ3) is 3.09. The zero-order valence-electron chi connectivity index (χ0n) is 14.3. The fraction of sp³-hybridized carbons (Fsp3) is 0.350. The van der Waals surface area contributed by atoms with Crippen LogP contribution in [0.5, 0.6) is 0 Å². The summed E-state index contributed by atoms with van der Waals surface area (Å²) in [5.74, 6) is 0.556.